The highest BCUT2D eigenvalue weighted by Gasteiger charge is 2.25. The van der Waals surface area contributed by atoms with Gasteiger partial charge in [-0.05, 0) is 12.1 Å². The smallest absolute Gasteiger partial charge is 0.292 e. The lowest BCUT2D eigenvalue weighted by atomic mass is 10.1. The van der Waals surface area contributed by atoms with Gasteiger partial charge in [-0.1, -0.05) is 42.5 Å². The lowest BCUT2D eigenvalue weighted by molar-refractivity contribution is 0.0972. The Hall–Kier alpha value is -2.27. The molecule has 1 aliphatic heterocycles. The molecule has 5 heteroatoms. The Balaban J connectivity index is 1.76. The standard InChI is InChI=1S/C18H16N2O2S/c21-17(13-6-2-1-3-7-13)11-20-16-9-5-4-8-15(16)19(18(20)22)10-14-12-23-14/h1-9,14H,10-12H2/t14-/m1/s1. The molecule has 2 heterocycles. The van der Waals surface area contributed by atoms with Gasteiger partial charge in [-0.3, -0.25) is 13.9 Å². The minimum absolute atomic E-state index is 0.0450. The molecule has 0 aliphatic carbocycles. The van der Waals surface area contributed by atoms with Crippen molar-refractivity contribution in [3.05, 3.63) is 70.6 Å². The molecule has 3 aromatic rings. The first-order valence-corrected chi connectivity index (χ1v) is 8.67. The maximum absolute atomic E-state index is 12.8. The van der Waals surface area contributed by atoms with Crippen molar-refractivity contribution in [2.75, 3.05) is 5.75 Å². The van der Waals surface area contributed by atoms with Gasteiger partial charge in [0.15, 0.2) is 5.78 Å². The van der Waals surface area contributed by atoms with E-state index < -0.39 is 0 Å². The van der Waals surface area contributed by atoms with Crippen LogP contribution in [0, 0.1) is 0 Å². The highest BCUT2D eigenvalue weighted by molar-refractivity contribution is 8.06. The highest BCUT2D eigenvalue weighted by Crippen LogP contribution is 2.31. The molecule has 0 N–H and O–H groups in total. The van der Waals surface area contributed by atoms with Crippen molar-refractivity contribution >= 4 is 28.6 Å². The Morgan fingerprint density at radius 3 is 2.26 bits per heavy atom. The molecule has 0 spiro atoms. The third-order valence-corrected chi connectivity index (χ3v) is 5.07. The minimum Gasteiger partial charge on any atom is -0.292 e. The van der Waals surface area contributed by atoms with E-state index >= 15 is 0 Å². The Kier molecular flexibility index (Phi) is 3.58. The van der Waals surface area contributed by atoms with Crippen molar-refractivity contribution < 1.29 is 4.79 Å². The van der Waals surface area contributed by atoms with E-state index in [0.717, 1.165) is 23.3 Å². The molecule has 116 valence electrons. The SMILES string of the molecule is O=C(Cn1c(=O)n(C[C@@H]2CS2)c2ccccc21)c1ccccc1. The number of benzene rings is 2. The first kappa shape index (κ1) is 14.3. The lowest BCUT2D eigenvalue weighted by Crippen LogP contribution is -2.28. The van der Waals surface area contributed by atoms with E-state index in [0.29, 0.717) is 10.8 Å². The normalized spacial score (nSPS) is 16.6. The van der Waals surface area contributed by atoms with Crippen molar-refractivity contribution in [1.82, 2.24) is 9.13 Å². The topological polar surface area (TPSA) is 44.0 Å². The van der Waals surface area contributed by atoms with Crippen molar-refractivity contribution in [1.29, 1.82) is 0 Å². The first-order valence-electron chi connectivity index (χ1n) is 7.62. The number of carbonyl (C=O) groups excluding carboxylic acids is 1. The fourth-order valence-electron chi connectivity index (χ4n) is 2.84. The van der Waals surface area contributed by atoms with Gasteiger partial charge in [0.05, 0.1) is 17.6 Å². The van der Waals surface area contributed by atoms with Gasteiger partial charge in [0.1, 0.15) is 0 Å². The van der Waals surface area contributed by atoms with Gasteiger partial charge >= 0.3 is 5.69 Å². The van der Waals surface area contributed by atoms with Crippen LogP contribution in [0.3, 0.4) is 0 Å². The zero-order valence-electron chi connectivity index (χ0n) is 12.5. The summed E-state index contributed by atoms with van der Waals surface area (Å²) in [6.45, 7) is 0.796. The van der Waals surface area contributed by atoms with Gasteiger partial charge in [0.25, 0.3) is 0 Å². The highest BCUT2D eigenvalue weighted by atomic mass is 32.2. The zero-order chi connectivity index (χ0) is 15.8. The van der Waals surface area contributed by atoms with E-state index in [1.807, 2.05) is 54.2 Å². The van der Waals surface area contributed by atoms with Crippen LogP contribution in [0.4, 0.5) is 0 Å². The molecule has 23 heavy (non-hydrogen) atoms. The van der Waals surface area contributed by atoms with Gasteiger partial charge < -0.3 is 0 Å². The van der Waals surface area contributed by atoms with Crippen LogP contribution in [0.5, 0.6) is 0 Å². The van der Waals surface area contributed by atoms with Gasteiger partial charge in [0, 0.05) is 23.1 Å². The number of thioether (sulfide) groups is 1. The average Bonchev–Trinajstić information content (AvgIpc) is 3.38. The number of carbonyl (C=O) groups is 1. The van der Waals surface area contributed by atoms with E-state index in [4.69, 9.17) is 0 Å². The summed E-state index contributed by atoms with van der Waals surface area (Å²) in [5.41, 5.74) is 2.27. The van der Waals surface area contributed by atoms with Crippen molar-refractivity contribution in [3.63, 3.8) is 0 Å². The number of hydrogen-bond acceptors (Lipinski definition) is 3. The van der Waals surface area contributed by atoms with E-state index in [1.165, 1.54) is 0 Å². The van der Waals surface area contributed by atoms with Crippen LogP contribution < -0.4 is 5.69 Å². The average molecular weight is 324 g/mol. The maximum atomic E-state index is 12.8. The van der Waals surface area contributed by atoms with Crippen LogP contribution >= 0.6 is 11.8 Å². The molecule has 0 bridgehead atoms. The summed E-state index contributed by atoms with van der Waals surface area (Å²) < 4.78 is 3.40. The summed E-state index contributed by atoms with van der Waals surface area (Å²) in [4.78, 5) is 25.3. The third kappa shape index (κ3) is 2.72. The number of imidazole rings is 1. The molecule has 4 rings (SSSR count). The Bertz CT molecular complexity index is 923. The second kappa shape index (κ2) is 5.74. The molecule has 1 saturated heterocycles. The number of fused-ring (bicyclic) bond motifs is 1. The number of para-hydroxylation sites is 2. The van der Waals surface area contributed by atoms with Crippen molar-refractivity contribution in [3.8, 4) is 0 Å². The first-order chi connectivity index (χ1) is 11.2. The predicted molar refractivity (Wildman–Crippen MR) is 93.2 cm³/mol. The summed E-state index contributed by atoms with van der Waals surface area (Å²) in [7, 11) is 0. The van der Waals surface area contributed by atoms with Gasteiger partial charge in [-0.15, -0.1) is 0 Å². The summed E-state index contributed by atoms with van der Waals surface area (Å²) in [6, 6.07) is 16.8. The molecule has 4 nitrogen and oxygen atoms in total. The number of Topliss-reactive ketones (excluding diaryl/α,β-unsaturated/α-hetero) is 1. The fourth-order valence-corrected chi connectivity index (χ4v) is 3.33. The molecule has 2 aromatic carbocycles. The summed E-state index contributed by atoms with van der Waals surface area (Å²) in [5, 5.41) is 0.525. The second-order valence-corrected chi connectivity index (χ2v) is 7.05. The molecular weight excluding hydrogens is 308 g/mol. The molecule has 1 aromatic heterocycles. The number of rotatable bonds is 5. The number of hydrogen-bond donors (Lipinski definition) is 0. The lowest BCUT2D eigenvalue weighted by Gasteiger charge is -2.03. The Labute approximate surface area is 137 Å². The number of ketones is 1. The van der Waals surface area contributed by atoms with Crippen LogP contribution in [-0.2, 0) is 13.1 Å². The number of aromatic nitrogens is 2. The second-order valence-electron chi connectivity index (χ2n) is 5.71. The van der Waals surface area contributed by atoms with Crippen LogP contribution in [0.25, 0.3) is 11.0 Å². The van der Waals surface area contributed by atoms with Crippen molar-refractivity contribution in [2.24, 2.45) is 0 Å². The number of nitrogens with zero attached hydrogens (tertiary/aromatic N) is 2. The molecular formula is C18H16N2O2S. The molecule has 1 aliphatic rings. The van der Waals surface area contributed by atoms with Gasteiger partial charge in [-0.2, -0.15) is 11.8 Å². The van der Waals surface area contributed by atoms with Crippen LogP contribution in [0.15, 0.2) is 59.4 Å². The van der Waals surface area contributed by atoms with Crippen LogP contribution in [0.1, 0.15) is 10.4 Å². The van der Waals surface area contributed by atoms with Gasteiger partial charge in [0.2, 0.25) is 0 Å². The van der Waals surface area contributed by atoms with E-state index in [-0.39, 0.29) is 18.0 Å². The molecule has 0 saturated carbocycles. The largest absolute Gasteiger partial charge is 0.329 e. The quantitative estimate of drug-likeness (QED) is 0.535. The van der Waals surface area contributed by atoms with E-state index in [9.17, 15) is 9.59 Å². The minimum atomic E-state index is -0.0945. The maximum Gasteiger partial charge on any atom is 0.329 e. The van der Waals surface area contributed by atoms with Crippen molar-refractivity contribution in [2.45, 2.75) is 18.3 Å². The summed E-state index contributed by atoms with van der Waals surface area (Å²) in [6.07, 6.45) is 0. The van der Waals surface area contributed by atoms with Crippen LogP contribution in [0.2, 0.25) is 0 Å². The predicted octanol–water partition coefficient (Wildman–Crippen LogP) is 2.80. The van der Waals surface area contributed by atoms with Gasteiger partial charge in [-0.25, -0.2) is 4.79 Å². The molecule has 0 amide bonds. The summed E-state index contributed by atoms with van der Waals surface area (Å²) in [5.74, 6) is 1.06. The fraction of sp³-hybridized carbons (Fsp3) is 0.222. The Morgan fingerprint density at radius 2 is 1.61 bits per heavy atom. The molecule has 0 radical (unpaired) electrons. The molecule has 0 unspecified atom stereocenters. The Morgan fingerprint density at radius 1 is 1.00 bits per heavy atom. The molecule has 1 fully saturated rings. The van der Waals surface area contributed by atoms with E-state index in [2.05, 4.69) is 0 Å². The monoisotopic (exact) mass is 324 g/mol. The zero-order valence-corrected chi connectivity index (χ0v) is 13.3. The summed E-state index contributed by atoms with van der Waals surface area (Å²) >= 11 is 1.86. The van der Waals surface area contributed by atoms with Crippen LogP contribution in [-0.4, -0.2) is 25.9 Å². The van der Waals surface area contributed by atoms with E-state index in [1.54, 1.807) is 21.3 Å². The molecule has 1 atom stereocenters. The third-order valence-electron chi connectivity index (χ3n) is 4.11.